The molecule has 0 saturated carbocycles. The molecule has 20 heavy (non-hydrogen) atoms. The summed E-state index contributed by atoms with van der Waals surface area (Å²) in [4.78, 5) is 0. The highest BCUT2D eigenvalue weighted by Gasteiger charge is 2.06. The molecule has 0 aliphatic rings. The third kappa shape index (κ3) is 3.39. The molecule has 0 amide bonds. The summed E-state index contributed by atoms with van der Waals surface area (Å²) in [6, 6.07) is 13.4. The van der Waals surface area contributed by atoms with E-state index in [9.17, 15) is 4.39 Å². The summed E-state index contributed by atoms with van der Waals surface area (Å²) in [5.74, 6) is 0.140. The van der Waals surface area contributed by atoms with Gasteiger partial charge < -0.3 is 15.8 Å². The Bertz CT molecular complexity index is 637. The van der Waals surface area contributed by atoms with Crippen LogP contribution in [0.5, 0.6) is 5.75 Å². The van der Waals surface area contributed by atoms with E-state index >= 15 is 0 Å². The molecule has 0 aliphatic carbocycles. The molecule has 2 aromatic rings. The monoisotopic (exact) mass is 271 g/mol. The van der Waals surface area contributed by atoms with Crippen LogP contribution >= 0.6 is 0 Å². The van der Waals surface area contributed by atoms with Crippen LogP contribution in [-0.4, -0.2) is 13.2 Å². The molecular formula is C15H14FN3O. The van der Waals surface area contributed by atoms with Crippen LogP contribution in [0.15, 0.2) is 42.5 Å². The average molecular weight is 271 g/mol. The van der Waals surface area contributed by atoms with Gasteiger partial charge in [0.1, 0.15) is 29.8 Å². The molecule has 0 saturated heterocycles. The number of anilines is 2. The zero-order valence-corrected chi connectivity index (χ0v) is 10.8. The zero-order valence-electron chi connectivity index (χ0n) is 10.8. The van der Waals surface area contributed by atoms with Crippen molar-refractivity contribution in [3.8, 4) is 11.8 Å². The number of ether oxygens (including phenoxy) is 1. The average Bonchev–Trinajstić information content (AvgIpc) is 2.44. The standard InChI is InChI=1S/C15H14FN3O/c16-14-5-2-6-15(13(14)10-17)19-7-8-20-12-4-1-3-11(18)9-12/h1-6,9,19H,7-8,18H2. The zero-order chi connectivity index (χ0) is 14.4. The van der Waals surface area contributed by atoms with Gasteiger partial charge in [-0.3, -0.25) is 0 Å². The van der Waals surface area contributed by atoms with E-state index in [-0.39, 0.29) is 5.56 Å². The Balaban J connectivity index is 1.88. The minimum Gasteiger partial charge on any atom is -0.492 e. The van der Waals surface area contributed by atoms with Crippen molar-refractivity contribution < 1.29 is 9.13 Å². The molecule has 102 valence electrons. The Labute approximate surface area is 116 Å². The molecule has 3 N–H and O–H groups in total. The molecular weight excluding hydrogens is 257 g/mol. The Morgan fingerprint density at radius 3 is 2.80 bits per heavy atom. The van der Waals surface area contributed by atoms with Gasteiger partial charge in [-0.1, -0.05) is 12.1 Å². The van der Waals surface area contributed by atoms with Crippen LogP contribution in [0.4, 0.5) is 15.8 Å². The second-order valence-electron chi connectivity index (χ2n) is 4.12. The lowest BCUT2D eigenvalue weighted by atomic mass is 10.2. The van der Waals surface area contributed by atoms with Gasteiger partial charge in [0.05, 0.1) is 5.69 Å². The molecule has 2 aromatic carbocycles. The number of halogens is 1. The van der Waals surface area contributed by atoms with Crippen molar-refractivity contribution in [1.82, 2.24) is 0 Å². The van der Waals surface area contributed by atoms with Gasteiger partial charge in [0.15, 0.2) is 0 Å². The van der Waals surface area contributed by atoms with E-state index in [1.54, 1.807) is 36.4 Å². The highest BCUT2D eigenvalue weighted by atomic mass is 19.1. The first-order valence-corrected chi connectivity index (χ1v) is 6.11. The van der Waals surface area contributed by atoms with E-state index in [0.717, 1.165) is 0 Å². The fraction of sp³-hybridized carbons (Fsp3) is 0.133. The fourth-order valence-corrected chi connectivity index (χ4v) is 1.74. The number of nitrogens with two attached hydrogens (primary N) is 1. The molecule has 0 atom stereocenters. The van der Waals surface area contributed by atoms with Crippen molar-refractivity contribution in [1.29, 1.82) is 5.26 Å². The van der Waals surface area contributed by atoms with Crippen LogP contribution in [0, 0.1) is 17.1 Å². The largest absolute Gasteiger partial charge is 0.492 e. The van der Waals surface area contributed by atoms with Gasteiger partial charge in [0.25, 0.3) is 0 Å². The van der Waals surface area contributed by atoms with E-state index < -0.39 is 5.82 Å². The molecule has 0 aliphatic heterocycles. The summed E-state index contributed by atoms with van der Waals surface area (Å²) >= 11 is 0. The van der Waals surface area contributed by atoms with Crippen molar-refractivity contribution in [2.24, 2.45) is 0 Å². The second kappa shape index (κ2) is 6.43. The molecule has 0 bridgehead atoms. The van der Waals surface area contributed by atoms with E-state index in [4.69, 9.17) is 15.7 Å². The maximum Gasteiger partial charge on any atom is 0.143 e. The summed E-state index contributed by atoms with van der Waals surface area (Å²) in [6.45, 7) is 0.831. The maximum atomic E-state index is 13.4. The smallest absolute Gasteiger partial charge is 0.143 e. The third-order valence-corrected chi connectivity index (χ3v) is 2.67. The summed E-state index contributed by atoms with van der Waals surface area (Å²) < 4.78 is 18.9. The summed E-state index contributed by atoms with van der Waals surface area (Å²) in [7, 11) is 0. The number of hydrogen-bond acceptors (Lipinski definition) is 4. The maximum absolute atomic E-state index is 13.4. The minimum absolute atomic E-state index is 0.0106. The second-order valence-corrected chi connectivity index (χ2v) is 4.12. The van der Waals surface area contributed by atoms with Crippen molar-refractivity contribution in [3.63, 3.8) is 0 Å². The quantitative estimate of drug-likeness (QED) is 0.648. The van der Waals surface area contributed by atoms with E-state index in [2.05, 4.69) is 5.32 Å². The molecule has 0 radical (unpaired) electrons. The van der Waals surface area contributed by atoms with Crippen LogP contribution in [0.25, 0.3) is 0 Å². The van der Waals surface area contributed by atoms with Crippen LogP contribution < -0.4 is 15.8 Å². The summed E-state index contributed by atoms with van der Waals surface area (Å²) in [5.41, 5.74) is 6.74. The molecule has 2 rings (SSSR count). The van der Waals surface area contributed by atoms with Crippen molar-refractivity contribution in [2.45, 2.75) is 0 Å². The Kier molecular flexibility index (Phi) is 4.40. The molecule has 0 aromatic heterocycles. The van der Waals surface area contributed by atoms with Gasteiger partial charge in [-0.25, -0.2) is 4.39 Å². The van der Waals surface area contributed by atoms with Gasteiger partial charge >= 0.3 is 0 Å². The Hall–Kier alpha value is -2.74. The third-order valence-electron chi connectivity index (χ3n) is 2.67. The molecule has 0 heterocycles. The number of nitrogens with zero attached hydrogens (tertiary/aromatic N) is 1. The fourth-order valence-electron chi connectivity index (χ4n) is 1.74. The lowest BCUT2D eigenvalue weighted by Gasteiger charge is -2.10. The van der Waals surface area contributed by atoms with E-state index in [1.807, 2.05) is 6.07 Å². The van der Waals surface area contributed by atoms with Gasteiger partial charge in [-0.05, 0) is 24.3 Å². The molecule has 0 fully saturated rings. The van der Waals surface area contributed by atoms with Gasteiger partial charge in [0.2, 0.25) is 0 Å². The van der Waals surface area contributed by atoms with Crippen LogP contribution in [0.2, 0.25) is 0 Å². The van der Waals surface area contributed by atoms with Gasteiger partial charge in [-0.2, -0.15) is 5.26 Å². The van der Waals surface area contributed by atoms with E-state index in [0.29, 0.717) is 30.3 Å². The number of nitriles is 1. The van der Waals surface area contributed by atoms with Crippen LogP contribution in [0.3, 0.4) is 0 Å². The minimum atomic E-state index is -0.533. The number of nitrogens with one attached hydrogen (secondary N) is 1. The first-order chi connectivity index (χ1) is 9.70. The summed E-state index contributed by atoms with van der Waals surface area (Å²) in [5, 5.41) is 11.9. The lowest BCUT2D eigenvalue weighted by molar-refractivity contribution is 0.333. The van der Waals surface area contributed by atoms with Crippen LogP contribution in [-0.2, 0) is 0 Å². The highest BCUT2D eigenvalue weighted by Crippen LogP contribution is 2.18. The first-order valence-electron chi connectivity index (χ1n) is 6.11. The van der Waals surface area contributed by atoms with Crippen molar-refractivity contribution >= 4 is 11.4 Å². The summed E-state index contributed by atoms with van der Waals surface area (Å²) in [6.07, 6.45) is 0. The number of hydrogen-bond donors (Lipinski definition) is 2. The Morgan fingerprint density at radius 2 is 2.05 bits per heavy atom. The number of nitrogen functional groups attached to an aromatic ring is 1. The van der Waals surface area contributed by atoms with Crippen molar-refractivity contribution in [3.05, 3.63) is 53.8 Å². The predicted molar refractivity (Wildman–Crippen MR) is 76.0 cm³/mol. The lowest BCUT2D eigenvalue weighted by Crippen LogP contribution is -2.12. The number of rotatable bonds is 5. The van der Waals surface area contributed by atoms with Crippen molar-refractivity contribution in [2.75, 3.05) is 24.2 Å². The van der Waals surface area contributed by atoms with Crippen LogP contribution in [0.1, 0.15) is 5.56 Å². The van der Waals surface area contributed by atoms with E-state index in [1.165, 1.54) is 6.07 Å². The highest BCUT2D eigenvalue weighted by molar-refractivity contribution is 5.57. The topological polar surface area (TPSA) is 71.1 Å². The molecule has 4 nitrogen and oxygen atoms in total. The number of benzene rings is 2. The molecule has 0 unspecified atom stereocenters. The SMILES string of the molecule is N#Cc1c(F)cccc1NCCOc1cccc(N)c1. The molecule has 5 heteroatoms. The first kappa shape index (κ1) is 13.7. The Morgan fingerprint density at radius 1 is 1.25 bits per heavy atom. The molecule has 0 spiro atoms. The van der Waals surface area contributed by atoms with Gasteiger partial charge in [0, 0.05) is 18.3 Å². The van der Waals surface area contributed by atoms with Gasteiger partial charge in [-0.15, -0.1) is 0 Å². The predicted octanol–water partition coefficient (Wildman–Crippen LogP) is 2.77. The normalized spacial score (nSPS) is 9.80.